The Morgan fingerprint density at radius 3 is 2.48 bits per heavy atom. The quantitative estimate of drug-likeness (QED) is 0.476. The summed E-state index contributed by atoms with van der Waals surface area (Å²) in [6.07, 6.45) is 0. The van der Waals surface area contributed by atoms with Gasteiger partial charge in [0, 0.05) is 37.1 Å². The molecule has 0 atom stereocenters. The second kappa shape index (κ2) is 8.92. The van der Waals surface area contributed by atoms with Gasteiger partial charge in [-0.25, -0.2) is 4.79 Å². The van der Waals surface area contributed by atoms with E-state index >= 15 is 0 Å². The molecule has 1 aliphatic rings. The largest absolute Gasteiger partial charge is 0.422 e. The molecule has 1 fully saturated rings. The van der Waals surface area contributed by atoms with Crippen molar-refractivity contribution in [2.75, 3.05) is 43.4 Å². The van der Waals surface area contributed by atoms with Crippen LogP contribution in [-0.4, -0.2) is 44.0 Å². The third-order valence-corrected chi connectivity index (χ3v) is 6.07. The van der Waals surface area contributed by atoms with Crippen LogP contribution in [0.5, 0.6) is 0 Å². The Balaban J connectivity index is 1.42. The van der Waals surface area contributed by atoms with Crippen LogP contribution in [0.25, 0.3) is 22.1 Å². The van der Waals surface area contributed by atoms with E-state index in [1.54, 1.807) is 30.3 Å². The second-order valence-electron chi connectivity index (χ2n) is 8.33. The van der Waals surface area contributed by atoms with E-state index in [2.05, 4.69) is 22.2 Å². The van der Waals surface area contributed by atoms with Crippen LogP contribution in [0.2, 0.25) is 0 Å². The fourth-order valence-electron chi connectivity index (χ4n) is 4.19. The van der Waals surface area contributed by atoms with Crippen molar-refractivity contribution in [2.24, 2.45) is 0 Å². The molecular formula is C27H25N3O3. The summed E-state index contributed by atoms with van der Waals surface area (Å²) in [6, 6.07) is 24.1. The summed E-state index contributed by atoms with van der Waals surface area (Å²) in [4.78, 5) is 30.3. The number of carbonyl (C=O) groups is 1. The van der Waals surface area contributed by atoms with Gasteiger partial charge in [-0.3, -0.25) is 4.79 Å². The van der Waals surface area contributed by atoms with Gasteiger partial charge in [-0.15, -0.1) is 0 Å². The Morgan fingerprint density at radius 1 is 0.879 bits per heavy atom. The van der Waals surface area contributed by atoms with Gasteiger partial charge in [0.1, 0.15) is 5.58 Å². The minimum Gasteiger partial charge on any atom is -0.422 e. The van der Waals surface area contributed by atoms with Gasteiger partial charge in [0.25, 0.3) is 5.91 Å². The molecule has 0 radical (unpaired) electrons. The molecular weight excluding hydrogens is 414 g/mol. The lowest BCUT2D eigenvalue weighted by molar-refractivity contribution is 0.102. The molecule has 1 saturated heterocycles. The molecule has 6 nitrogen and oxygen atoms in total. The number of hydrogen-bond acceptors (Lipinski definition) is 5. The van der Waals surface area contributed by atoms with E-state index in [0.29, 0.717) is 22.3 Å². The molecule has 0 bridgehead atoms. The van der Waals surface area contributed by atoms with Gasteiger partial charge in [-0.05, 0) is 49.0 Å². The lowest BCUT2D eigenvalue weighted by atomic mass is 10.0. The molecule has 0 spiro atoms. The number of nitrogens with zero attached hydrogens (tertiary/aromatic N) is 2. The normalized spacial score (nSPS) is 14.4. The Morgan fingerprint density at radius 2 is 1.64 bits per heavy atom. The smallest absolute Gasteiger partial charge is 0.344 e. The monoisotopic (exact) mass is 439 g/mol. The number of benzene rings is 3. The van der Waals surface area contributed by atoms with Gasteiger partial charge in [0.2, 0.25) is 0 Å². The Hall–Kier alpha value is -3.90. The molecule has 0 saturated carbocycles. The maximum atomic E-state index is 13.1. The van der Waals surface area contributed by atoms with Crippen molar-refractivity contribution in [1.29, 1.82) is 0 Å². The molecule has 33 heavy (non-hydrogen) atoms. The molecule has 1 N–H and O–H groups in total. The van der Waals surface area contributed by atoms with Crippen molar-refractivity contribution in [3.63, 3.8) is 0 Å². The molecule has 6 heteroatoms. The summed E-state index contributed by atoms with van der Waals surface area (Å²) in [7, 11) is 2.12. The molecule has 1 amide bonds. The first-order valence-electron chi connectivity index (χ1n) is 11.1. The number of hydrogen-bond donors (Lipinski definition) is 1. The SMILES string of the molecule is CN1CCN(c2ccccc2NC(=O)c2cccc(-c3cc4ccccc4oc3=O)c2)CC1. The van der Waals surface area contributed by atoms with Gasteiger partial charge in [0.15, 0.2) is 0 Å². The van der Waals surface area contributed by atoms with Crippen LogP contribution in [0.15, 0.2) is 88.1 Å². The predicted octanol–water partition coefficient (Wildman–Crippen LogP) is 4.46. The molecule has 5 rings (SSSR count). The van der Waals surface area contributed by atoms with Crippen LogP contribution in [0.3, 0.4) is 0 Å². The zero-order valence-corrected chi connectivity index (χ0v) is 18.5. The van der Waals surface area contributed by atoms with Crippen LogP contribution in [0.1, 0.15) is 10.4 Å². The van der Waals surface area contributed by atoms with Crippen LogP contribution in [-0.2, 0) is 0 Å². The minimum atomic E-state index is -0.424. The van der Waals surface area contributed by atoms with Gasteiger partial charge >= 0.3 is 5.63 Å². The number of fused-ring (bicyclic) bond motifs is 1. The summed E-state index contributed by atoms with van der Waals surface area (Å²) in [6.45, 7) is 3.80. The van der Waals surface area contributed by atoms with E-state index in [1.807, 2.05) is 48.5 Å². The Kier molecular flexibility index (Phi) is 5.67. The first-order chi connectivity index (χ1) is 16.1. The molecule has 1 aromatic heterocycles. The maximum absolute atomic E-state index is 13.1. The number of amides is 1. The summed E-state index contributed by atoms with van der Waals surface area (Å²) in [5.74, 6) is -0.219. The fraction of sp³-hybridized carbons (Fsp3) is 0.185. The standard InChI is InChI=1S/C27H25N3O3/c1-29-13-15-30(16-14-29)24-11-4-3-10-23(24)28-26(31)21-9-6-8-19(17-21)22-18-20-7-2-5-12-25(20)33-27(22)32/h2-12,17-18H,13-16H2,1H3,(H,28,31). The number of rotatable bonds is 4. The highest BCUT2D eigenvalue weighted by atomic mass is 16.4. The summed E-state index contributed by atoms with van der Waals surface area (Å²) in [5, 5.41) is 3.90. The third-order valence-electron chi connectivity index (χ3n) is 6.07. The fourth-order valence-corrected chi connectivity index (χ4v) is 4.19. The van der Waals surface area contributed by atoms with Gasteiger partial charge in [-0.2, -0.15) is 0 Å². The van der Waals surface area contributed by atoms with E-state index in [9.17, 15) is 9.59 Å². The number of carbonyl (C=O) groups excluding carboxylic acids is 1. The molecule has 1 aliphatic heterocycles. The average Bonchev–Trinajstić information content (AvgIpc) is 2.84. The van der Waals surface area contributed by atoms with Crippen LogP contribution >= 0.6 is 0 Å². The zero-order chi connectivity index (χ0) is 22.8. The molecule has 3 aromatic carbocycles. The number of para-hydroxylation sites is 3. The molecule has 166 valence electrons. The first-order valence-corrected chi connectivity index (χ1v) is 11.1. The van der Waals surface area contributed by atoms with Crippen molar-refractivity contribution in [1.82, 2.24) is 4.90 Å². The van der Waals surface area contributed by atoms with Gasteiger partial charge < -0.3 is 19.5 Å². The summed E-state index contributed by atoms with van der Waals surface area (Å²) < 4.78 is 5.47. The van der Waals surface area contributed by atoms with Crippen molar-refractivity contribution in [2.45, 2.75) is 0 Å². The van der Waals surface area contributed by atoms with Crippen molar-refractivity contribution in [3.8, 4) is 11.1 Å². The topological polar surface area (TPSA) is 65.8 Å². The first kappa shape index (κ1) is 21.0. The van der Waals surface area contributed by atoms with Crippen LogP contribution in [0.4, 0.5) is 11.4 Å². The van der Waals surface area contributed by atoms with E-state index < -0.39 is 5.63 Å². The van der Waals surface area contributed by atoms with E-state index in [4.69, 9.17) is 4.42 Å². The third kappa shape index (κ3) is 4.38. The average molecular weight is 440 g/mol. The molecule has 0 unspecified atom stereocenters. The minimum absolute atomic E-state index is 0.219. The van der Waals surface area contributed by atoms with E-state index in [1.165, 1.54) is 0 Å². The highest BCUT2D eigenvalue weighted by molar-refractivity contribution is 6.06. The van der Waals surface area contributed by atoms with Crippen LogP contribution in [0, 0.1) is 0 Å². The van der Waals surface area contributed by atoms with E-state index in [0.717, 1.165) is 42.9 Å². The Bertz CT molecular complexity index is 1370. The van der Waals surface area contributed by atoms with Gasteiger partial charge in [-0.1, -0.05) is 42.5 Å². The van der Waals surface area contributed by atoms with Crippen molar-refractivity contribution >= 4 is 28.3 Å². The highest BCUT2D eigenvalue weighted by Crippen LogP contribution is 2.28. The summed E-state index contributed by atoms with van der Waals surface area (Å²) >= 11 is 0. The molecule has 4 aromatic rings. The number of piperazine rings is 1. The number of anilines is 2. The lowest BCUT2D eigenvalue weighted by Gasteiger charge is -2.35. The second-order valence-corrected chi connectivity index (χ2v) is 8.33. The molecule has 0 aliphatic carbocycles. The maximum Gasteiger partial charge on any atom is 0.344 e. The Labute approximate surface area is 192 Å². The van der Waals surface area contributed by atoms with Crippen molar-refractivity contribution in [3.05, 3.63) is 94.8 Å². The predicted molar refractivity (Wildman–Crippen MR) is 132 cm³/mol. The highest BCUT2D eigenvalue weighted by Gasteiger charge is 2.18. The zero-order valence-electron chi connectivity index (χ0n) is 18.5. The van der Waals surface area contributed by atoms with E-state index in [-0.39, 0.29) is 5.91 Å². The van der Waals surface area contributed by atoms with Gasteiger partial charge in [0.05, 0.1) is 16.9 Å². The molecule has 2 heterocycles. The number of nitrogens with one attached hydrogen (secondary N) is 1. The summed E-state index contributed by atoms with van der Waals surface area (Å²) in [5.41, 5.74) is 3.48. The van der Waals surface area contributed by atoms with Crippen LogP contribution < -0.4 is 15.8 Å². The van der Waals surface area contributed by atoms with Crippen molar-refractivity contribution < 1.29 is 9.21 Å². The lowest BCUT2D eigenvalue weighted by Crippen LogP contribution is -2.44. The number of likely N-dealkylation sites (N-methyl/N-ethyl adjacent to an activating group) is 1.